The molecule has 0 saturated heterocycles. The zero-order valence-electron chi connectivity index (χ0n) is 15.0. The van der Waals surface area contributed by atoms with Crippen LogP contribution in [0.4, 0.5) is 5.82 Å². The minimum Gasteiger partial charge on any atom is -0.455 e. The number of hydrogen-bond donors (Lipinski definition) is 3. The Balaban J connectivity index is 1.80. The lowest BCUT2D eigenvalue weighted by atomic mass is 10.1. The lowest BCUT2D eigenvalue weighted by Crippen LogP contribution is -2.51. The summed E-state index contributed by atoms with van der Waals surface area (Å²) >= 11 is 0. The Bertz CT molecular complexity index is 913. The van der Waals surface area contributed by atoms with Crippen molar-refractivity contribution < 1.29 is 14.6 Å². The summed E-state index contributed by atoms with van der Waals surface area (Å²) in [6.07, 6.45) is 4.39. The lowest BCUT2D eigenvalue weighted by Gasteiger charge is -2.24. The maximum absolute atomic E-state index is 10.4. The number of rotatable bonds is 6. The van der Waals surface area contributed by atoms with Gasteiger partial charge in [0.05, 0.1) is 5.56 Å². The molecule has 140 valence electrons. The molecular formula is C18H20N6O3. The van der Waals surface area contributed by atoms with E-state index in [1.807, 2.05) is 38.1 Å². The third-order valence-corrected chi connectivity index (χ3v) is 3.62. The fourth-order valence-electron chi connectivity index (χ4n) is 2.27. The standard InChI is InChI=1S/C18H20N6O3/c1-11-3-5-13(6-4-11)14-15(19)23-10-24-16(14)27-18(20,25)9-26-17-21-7-12(2)8-22-17/h3-8,10,25H,9,20H2,1-2H3,(H2,19,23,24). The van der Waals surface area contributed by atoms with Crippen LogP contribution in [0.25, 0.3) is 11.1 Å². The van der Waals surface area contributed by atoms with Gasteiger partial charge in [-0.3, -0.25) is 5.73 Å². The lowest BCUT2D eigenvalue weighted by molar-refractivity contribution is -0.157. The van der Waals surface area contributed by atoms with Gasteiger partial charge in [-0.2, -0.15) is 0 Å². The van der Waals surface area contributed by atoms with Crippen LogP contribution in [0, 0.1) is 13.8 Å². The Morgan fingerprint density at radius 3 is 2.33 bits per heavy atom. The van der Waals surface area contributed by atoms with E-state index in [1.54, 1.807) is 12.4 Å². The monoisotopic (exact) mass is 368 g/mol. The molecule has 0 radical (unpaired) electrons. The molecule has 0 amide bonds. The minimum atomic E-state index is -2.19. The number of benzene rings is 1. The van der Waals surface area contributed by atoms with Gasteiger partial charge in [-0.15, -0.1) is 0 Å². The second-order valence-corrected chi connectivity index (χ2v) is 6.08. The first-order valence-electron chi connectivity index (χ1n) is 8.13. The molecule has 27 heavy (non-hydrogen) atoms. The van der Waals surface area contributed by atoms with E-state index in [0.717, 1.165) is 16.7 Å². The van der Waals surface area contributed by atoms with E-state index in [0.29, 0.717) is 5.56 Å². The maximum atomic E-state index is 10.4. The van der Waals surface area contributed by atoms with Gasteiger partial charge in [0.25, 0.3) is 0 Å². The first-order chi connectivity index (χ1) is 12.8. The molecule has 0 bridgehead atoms. The molecule has 0 fully saturated rings. The van der Waals surface area contributed by atoms with Crippen molar-refractivity contribution in [3.05, 3.63) is 54.1 Å². The predicted molar refractivity (Wildman–Crippen MR) is 98.6 cm³/mol. The average molecular weight is 368 g/mol. The van der Waals surface area contributed by atoms with Gasteiger partial charge in [-0.25, -0.2) is 19.9 Å². The van der Waals surface area contributed by atoms with Crippen LogP contribution in [0.3, 0.4) is 0 Å². The normalized spacial score (nSPS) is 13.0. The summed E-state index contributed by atoms with van der Waals surface area (Å²) in [5, 5.41) is 10.4. The third kappa shape index (κ3) is 4.66. The number of hydrogen-bond acceptors (Lipinski definition) is 9. The van der Waals surface area contributed by atoms with Crippen LogP contribution in [0.1, 0.15) is 11.1 Å². The van der Waals surface area contributed by atoms with Crippen LogP contribution < -0.4 is 20.9 Å². The van der Waals surface area contributed by atoms with E-state index in [9.17, 15) is 5.11 Å². The smallest absolute Gasteiger partial charge is 0.316 e. The van der Waals surface area contributed by atoms with Crippen LogP contribution in [-0.2, 0) is 0 Å². The highest BCUT2D eigenvalue weighted by Gasteiger charge is 2.28. The fourth-order valence-corrected chi connectivity index (χ4v) is 2.27. The zero-order chi connectivity index (χ0) is 19.4. The van der Waals surface area contributed by atoms with Gasteiger partial charge in [0, 0.05) is 12.4 Å². The first kappa shape index (κ1) is 18.5. The molecule has 2 aromatic heterocycles. The second kappa shape index (κ2) is 7.52. The van der Waals surface area contributed by atoms with Crippen molar-refractivity contribution in [1.82, 2.24) is 19.9 Å². The van der Waals surface area contributed by atoms with Crippen LogP contribution in [0.5, 0.6) is 11.9 Å². The Labute approximate surface area is 156 Å². The van der Waals surface area contributed by atoms with Crippen LogP contribution in [0.15, 0.2) is 43.0 Å². The number of nitrogen functional groups attached to an aromatic ring is 1. The Morgan fingerprint density at radius 1 is 1.00 bits per heavy atom. The van der Waals surface area contributed by atoms with Crippen molar-refractivity contribution in [2.45, 2.75) is 19.8 Å². The summed E-state index contributed by atoms with van der Waals surface area (Å²) in [6.45, 7) is 3.39. The highest BCUT2D eigenvalue weighted by Crippen LogP contribution is 2.33. The summed E-state index contributed by atoms with van der Waals surface area (Å²) in [6, 6.07) is 7.59. The van der Waals surface area contributed by atoms with Crippen molar-refractivity contribution in [3.63, 3.8) is 0 Å². The number of nitrogens with two attached hydrogens (primary N) is 2. The molecule has 0 spiro atoms. The maximum Gasteiger partial charge on any atom is 0.316 e. The summed E-state index contributed by atoms with van der Waals surface area (Å²) in [5.74, 6) is -1.96. The van der Waals surface area contributed by atoms with Gasteiger partial charge < -0.3 is 20.3 Å². The van der Waals surface area contributed by atoms with Gasteiger partial charge in [0.15, 0.2) is 6.61 Å². The van der Waals surface area contributed by atoms with Crippen molar-refractivity contribution in [2.75, 3.05) is 12.3 Å². The molecule has 1 atom stereocenters. The number of aromatic nitrogens is 4. The second-order valence-electron chi connectivity index (χ2n) is 6.08. The fraction of sp³-hybridized carbons (Fsp3) is 0.222. The number of ether oxygens (including phenoxy) is 2. The van der Waals surface area contributed by atoms with Crippen molar-refractivity contribution in [1.29, 1.82) is 0 Å². The van der Waals surface area contributed by atoms with Crippen LogP contribution >= 0.6 is 0 Å². The summed E-state index contributed by atoms with van der Waals surface area (Å²) < 4.78 is 10.8. The quantitative estimate of drug-likeness (QED) is 0.547. The highest BCUT2D eigenvalue weighted by molar-refractivity contribution is 5.78. The van der Waals surface area contributed by atoms with E-state index in [2.05, 4.69) is 19.9 Å². The van der Waals surface area contributed by atoms with E-state index >= 15 is 0 Å². The molecule has 0 aliphatic rings. The summed E-state index contributed by atoms with van der Waals surface area (Å²) in [7, 11) is 0. The van der Waals surface area contributed by atoms with Crippen LogP contribution in [0.2, 0.25) is 0 Å². The molecule has 9 nitrogen and oxygen atoms in total. The topological polar surface area (TPSA) is 142 Å². The summed E-state index contributed by atoms with van der Waals surface area (Å²) in [4.78, 5) is 16.0. The van der Waals surface area contributed by atoms with Crippen molar-refractivity contribution in [2.24, 2.45) is 5.73 Å². The van der Waals surface area contributed by atoms with E-state index in [1.165, 1.54) is 6.33 Å². The zero-order valence-corrected chi connectivity index (χ0v) is 15.0. The Hall–Kier alpha value is -3.30. The minimum absolute atomic E-state index is 0.0322. The molecule has 0 aliphatic heterocycles. The van der Waals surface area contributed by atoms with Gasteiger partial charge >= 0.3 is 11.9 Å². The number of aliphatic hydroxyl groups is 1. The first-order valence-corrected chi connectivity index (χ1v) is 8.13. The van der Waals surface area contributed by atoms with Gasteiger partial charge in [0.2, 0.25) is 5.88 Å². The van der Waals surface area contributed by atoms with Gasteiger partial charge in [0.1, 0.15) is 12.1 Å². The highest BCUT2D eigenvalue weighted by atomic mass is 16.7. The molecule has 0 saturated carbocycles. The van der Waals surface area contributed by atoms with E-state index < -0.39 is 12.5 Å². The van der Waals surface area contributed by atoms with E-state index in [4.69, 9.17) is 20.9 Å². The predicted octanol–water partition coefficient (Wildman–Crippen LogP) is 1.20. The SMILES string of the molecule is Cc1ccc(-c2c(N)ncnc2OC(N)(O)COc2ncc(C)cn2)cc1. The van der Waals surface area contributed by atoms with E-state index in [-0.39, 0.29) is 17.7 Å². The molecule has 1 unspecified atom stereocenters. The Kier molecular flexibility index (Phi) is 5.15. The van der Waals surface area contributed by atoms with Crippen LogP contribution in [-0.4, -0.2) is 37.6 Å². The molecule has 3 aromatic rings. The van der Waals surface area contributed by atoms with Crippen molar-refractivity contribution >= 4 is 5.82 Å². The van der Waals surface area contributed by atoms with Gasteiger partial charge in [-0.05, 0) is 25.0 Å². The molecule has 5 N–H and O–H groups in total. The molecule has 1 aromatic carbocycles. The molecule has 9 heteroatoms. The molecular weight excluding hydrogens is 348 g/mol. The number of anilines is 1. The van der Waals surface area contributed by atoms with Gasteiger partial charge in [-0.1, -0.05) is 29.8 Å². The molecule has 0 aliphatic carbocycles. The number of nitrogens with zero attached hydrogens (tertiary/aromatic N) is 4. The third-order valence-electron chi connectivity index (χ3n) is 3.62. The molecule has 2 heterocycles. The summed E-state index contributed by atoms with van der Waals surface area (Å²) in [5.41, 5.74) is 14.9. The van der Waals surface area contributed by atoms with Crippen molar-refractivity contribution in [3.8, 4) is 23.0 Å². The largest absolute Gasteiger partial charge is 0.455 e. The number of aryl methyl sites for hydroxylation is 2. The Morgan fingerprint density at radius 2 is 1.67 bits per heavy atom. The molecule has 3 rings (SSSR count). The average Bonchev–Trinajstić information content (AvgIpc) is 2.62.